The van der Waals surface area contributed by atoms with E-state index >= 15 is 0 Å². The fourth-order valence-corrected chi connectivity index (χ4v) is 6.30. The third-order valence-electron chi connectivity index (χ3n) is 7.74. The molecule has 0 aromatic heterocycles. The highest BCUT2D eigenvalue weighted by molar-refractivity contribution is 7.98. The van der Waals surface area contributed by atoms with Crippen molar-refractivity contribution in [1.29, 1.82) is 0 Å². The van der Waals surface area contributed by atoms with Crippen LogP contribution in [0.4, 0.5) is 0 Å². The summed E-state index contributed by atoms with van der Waals surface area (Å²) < 4.78 is 18.2. The van der Waals surface area contributed by atoms with Gasteiger partial charge < -0.3 is 24.4 Å². The van der Waals surface area contributed by atoms with Crippen molar-refractivity contribution in [2.24, 2.45) is 0 Å². The van der Waals surface area contributed by atoms with Crippen LogP contribution in [-0.2, 0) is 39.6 Å². The molecular weight excluding hydrogens is 544 g/mol. The fraction of sp³-hybridized carbons (Fsp3) is 0.500. The monoisotopic (exact) mass is 592 g/mol. The first-order valence-electron chi connectivity index (χ1n) is 15.7. The van der Waals surface area contributed by atoms with Crippen LogP contribution < -0.4 is 0 Å². The first-order chi connectivity index (χ1) is 20.6. The van der Waals surface area contributed by atoms with E-state index in [9.17, 15) is 10.2 Å². The van der Waals surface area contributed by atoms with Gasteiger partial charge in [0.15, 0.2) is 6.29 Å². The van der Waals surface area contributed by atoms with Crippen LogP contribution in [0.5, 0.6) is 11.5 Å². The summed E-state index contributed by atoms with van der Waals surface area (Å²) in [6, 6.07) is 21.6. The molecule has 4 rings (SSSR count). The second-order valence-electron chi connectivity index (χ2n) is 11.4. The van der Waals surface area contributed by atoms with E-state index in [-0.39, 0.29) is 18.1 Å². The molecular formula is C36H48O5S. The lowest BCUT2D eigenvalue weighted by atomic mass is 10.00. The van der Waals surface area contributed by atoms with Gasteiger partial charge in [0.1, 0.15) is 11.5 Å². The third kappa shape index (κ3) is 11.3. The highest BCUT2D eigenvalue weighted by Crippen LogP contribution is 2.28. The summed E-state index contributed by atoms with van der Waals surface area (Å²) in [5.41, 5.74) is 5.05. The molecule has 3 aromatic rings. The van der Waals surface area contributed by atoms with Gasteiger partial charge in [-0.25, -0.2) is 0 Å². The van der Waals surface area contributed by atoms with E-state index < -0.39 is 0 Å². The normalized spacial score (nSPS) is 17.0. The van der Waals surface area contributed by atoms with Crippen LogP contribution in [0.2, 0.25) is 0 Å². The molecule has 1 fully saturated rings. The van der Waals surface area contributed by atoms with Crippen molar-refractivity contribution in [3.05, 3.63) is 94.5 Å². The fourth-order valence-electron chi connectivity index (χ4n) is 5.30. The Labute approximate surface area is 256 Å². The minimum atomic E-state index is -0.255. The van der Waals surface area contributed by atoms with Gasteiger partial charge in [0.25, 0.3) is 0 Å². The van der Waals surface area contributed by atoms with Gasteiger partial charge in [0.2, 0.25) is 0 Å². The molecule has 1 saturated heterocycles. The molecule has 1 heterocycles. The molecule has 0 spiro atoms. The Morgan fingerprint density at radius 3 is 2.36 bits per heavy atom. The van der Waals surface area contributed by atoms with Crippen molar-refractivity contribution < 1.29 is 24.4 Å². The minimum Gasteiger partial charge on any atom is -0.508 e. The van der Waals surface area contributed by atoms with Gasteiger partial charge in [0, 0.05) is 17.7 Å². The molecule has 1 aliphatic rings. The largest absolute Gasteiger partial charge is 0.508 e. The minimum absolute atomic E-state index is 0.0375. The standard InChI is InChI=1S/C36H48O5S/c1-2-3-4-5-6-10-20-42-27-32-22-29(16-18-35(32)38)21-31-23-30(17-19-34(31)37)25-40-36-15-11-14-33(41-36)26-39-24-28-12-8-7-9-13-28/h7-9,12-13,16-19,22-23,33,36-38H,2-6,10-11,14-15,20-21,24-27H2,1H3. The number of hydrogen-bond donors (Lipinski definition) is 2. The first-order valence-corrected chi connectivity index (χ1v) is 16.8. The van der Waals surface area contributed by atoms with Crippen LogP contribution in [0.25, 0.3) is 0 Å². The SMILES string of the molecule is CCCCCCCCSCc1cc(Cc2cc(COC3CCCC(COCc4ccccc4)O3)ccc2O)ccc1O. The number of phenolic OH excluding ortho intramolecular Hbond substituents is 2. The maximum Gasteiger partial charge on any atom is 0.158 e. The highest BCUT2D eigenvalue weighted by atomic mass is 32.2. The van der Waals surface area contributed by atoms with Gasteiger partial charge in [0.05, 0.1) is 25.9 Å². The van der Waals surface area contributed by atoms with E-state index in [1.807, 2.05) is 48.2 Å². The van der Waals surface area contributed by atoms with E-state index in [4.69, 9.17) is 14.2 Å². The summed E-state index contributed by atoms with van der Waals surface area (Å²) in [6.07, 6.45) is 11.1. The summed E-state index contributed by atoms with van der Waals surface area (Å²) in [7, 11) is 0. The number of ether oxygens (including phenoxy) is 3. The zero-order chi connectivity index (χ0) is 29.4. The van der Waals surface area contributed by atoms with Crippen LogP contribution in [0.3, 0.4) is 0 Å². The Balaban J connectivity index is 1.22. The van der Waals surface area contributed by atoms with Gasteiger partial charge in [-0.1, -0.05) is 87.6 Å². The maximum atomic E-state index is 10.6. The number of phenols is 2. The molecule has 0 amide bonds. The number of thioether (sulfide) groups is 1. The Hall–Kier alpha value is -2.51. The number of unbranched alkanes of at least 4 members (excludes halogenated alkanes) is 5. The predicted octanol–water partition coefficient (Wildman–Crippen LogP) is 8.91. The quantitative estimate of drug-likeness (QED) is 0.144. The molecule has 2 N–H and O–H groups in total. The summed E-state index contributed by atoms with van der Waals surface area (Å²) in [6.45, 7) is 3.81. The van der Waals surface area contributed by atoms with Gasteiger partial charge >= 0.3 is 0 Å². The van der Waals surface area contributed by atoms with E-state index in [2.05, 4.69) is 25.1 Å². The molecule has 5 nitrogen and oxygen atoms in total. The lowest BCUT2D eigenvalue weighted by molar-refractivity contribution is -0.210. The van der Waals surface area contributed by atoms with Crippen LogP contribution in [0, 0.1) is 0 Å². The van der Waals surface area contributed by atoms with Gasteiger partial charge in [-0.2, -0.15) is 11.8 Å². The molecule has 42 heavy (non-hydrogen) atoms. The van der Waals surface area contributed by atoms with E-state index in [0.29, 0.717) is 32.0 Å². The van der Waals surface area contributed by atoms with Crippen LogP contribution in [0.15, 0.2) is 66.7 Å². The van der Waals surface area contributed by atoms with Crippen molar-refractivity contribution in [1.82, 2.24) is 0 Å². The maximum absolute atomic E-state index is 10.6. The second-order valence-corrected chi connectivity index (χ2v) is 12.5. The van der Waals surface area contributed by atoms with Crippen molar-refractivity contribution in [3.8, 4) is 11.5 Å². The number of aromatic hydroxyl groups is 2. The molecule has 0 bridgehead atoms. The van der Waals surface area contributed by atoms with Crippen LogP contribution in [0.1, 0.15) is 92.5 Å². The van der Waals surface area contributed by atoms with Crippen molar-refractivity contribution in [2.75, 3.05) is 12.4 Å². The summed E-state index contributed by atoms with van der Waals surface area (Å²) >= 11 is 1.88. The lowest BCUT2D eigenvalue weighted by Gasteiger charge is -2.30. The Kier molecular flexibility index (Phi) is 14.1. The smallest absolute Gasteiger partial charge is 0.158 e. The Bertz CT molecular complexity index is 1180. The molecule has 1 aliphatic heterocycles. The summed E-state index contributed by atoms with van der Waals surface area (Å²) in [5, 5.41) is 21.0. The van der Waals surface area contributed by atoms with Gasteiger partial charge in [-0.15, -0.1) is 0 Å². The Morgan fingerprint density at radius 1 is 0.786 bits per heavy atom. The predicted molar refractivity (Wildman–Crippen MR) is 172 cm³/mol. The molecule has 2 atom stereocenters. The molecule has 6 heteroatoms. The third-order valence-corrected chi connectivity index (χ3v) is 8.84. The summed E-state index contributed by atoms with van der Waals surface area (Å²) in [4.78, 5) is 0. The first kappa shape index (κ1) is 32.4. The van der Waals surface area contributed by atoms with Crippen LogP contribution in [-0.4, -0.2) is 35.0 Å². The number of hydrogen-bond acceptors (Lipinski definition) is 6. The van der Waals surface area contributed by atoms with Gasteiger partial charge in [-0.05, 0) is 71.9 Å². The topological polar surface area (TPSA) is 68.2 Å². The van der Waals surface area contributed by atoms with E-state index in [0.717, 1.165) is 58.6 Å². The average molecular weight is 593 g/mol. The molecule has 0 radical (unpaired) electrons. The molecule has 3 aromatic carbocycles. The average Bonchev–Trinajstić information content (AvgIpc) is 3.01. The molecule has 0 saturated carbocycles. The lowest BCUT2D eigenvalue weighted by Crippen LogP contribution is -2.32. The van der Waals surface area contributed by atoms with Crippen molar-refractivity contribution in [2.45, 2.75) is 102 Å². The Morgan fingerprint density at radius 2 is 1.52 bits per heavy atom. The number of rotatable bonds is 18. The van der Waals surface area contributed by atoms with Crippen molar-refractivity contribution in [3.63, 3.8) is 0 Å². The van der Waals surface area contributed by atoms with Gasteiger partial charge in [-0.3, -0.25) is 0 Å². The number of benzene rings is 3. The van der Waals surface area contributed by atoms with Crippen LogP contribution >= 0.6 is 11.8 Å². The van der Waals surface area contributed by atoms with E-state index in [1.54, 1.807) is 12.1 Å². The molecule has 0 aliphatic carbocycles. The van der Waals surface area contributed by atoms with E-state index in [1.165, 1.54) is 38.5 Å². The second kappa shape index (κ2) is 18.2. The molecule has 228 valence electrons. The highest BCUT2D eigenvalue weighted by Gasteiger charge is 2.23. The zero-order valence-corrected chi connectivity index (χ0v) is 26.0. The summed E-state index contributed by atoms with van der Waals surface area (Å²) in [5.74, 6) is 2.53. The molecule has 2 unspecified atom stereocenters. The zero-order valence-electron chi connectivity index (χ0n) is 25.1. The van der Waals surface area contributed by atoms with Crippen molar-refractivity contribution >= 4 is 11.8 Å².